The topological polar surface area (TPSA) is 38.3 Å². The third kappa shape index (κ3) is 2.49. The first-order chi connectivity index (χ1) is 11.8. The van der Waals surface area contributed by atoms with Gasteiger partial charge in [0, 0.05) is 33.7 Å². The second-order valence-electron chi connectivity index (χ2n) is 5.80. The number of hydrogen-bond donors (Lipinski definition) is 1. The molecule has 120 valence electrons. The van der Waals surface area contributed by atoms with Crippen molar-refractivity contribution in [2.24, 2.45) is 0 Å². The molecule has 2 aromatic carbocycles. The molecule has 24 heavy (non-hydrogen) atoms. The number of carbonyl (C=O) groups excluding carboxylic acids is 1. The molecule has 0 saturated heterocycles. The van der Waals surface area contributed by atoms with Gasteiger partial charge in [-0.1, -0.05) is 48.5 Å². The van der Waals surface area contributed by atoms with Crippen molar-refractivity contribution in [2.45, 2.75) is 12.3 Å². The van der Waals surface area contributed by atoms with Crippen molar-refractivity contribution in [1.29, 1.82) is 0 Å². The second kappa shape index (κ2) is 6.13. The lowest BCUT2D eigenvalue weighted by molar-refractivity contribution is -0.116. The normalized spacial score (nSPS) is 16.4. The molecule has 1 amide bonds. The van der Waals surface area contributed by atoms with Gasteiger partial charge >= 0.3 is 0 Å². The van der Waals surface area contributed by atoms with Gasteiger partial charge < -0.3 is 10.1 Å². The highest BCUT2D eigenvalue weighted by Crippen LogP contribution is 2.48. The lowest BCUT2D eigenvalue weighted by Gasteiger charge is -2.25. The van der Waals surface area contributed by atoms with Gasteiger partial charge in [-0.05, 0) is 11.6 Å². The number of carbonyl (C=O) groups is 1. The number of anilines is 1. The molecule has 0 saturated carbocycles. The van der Waals surface area contributed by atoms with E-state index in [0.717, 1.165) is 28.1 Å². The number of ether oxygens (including phenoxy) is 1. The lowest BCUT2D eigenvalue weighted by Crippen LogP contribution is -2.22. The quantitative estimate of drug-likeness (QED) is 0.739. The zero-order valence-electron chi connectivity index (χ0n) is 13.3. The Morgan fingerprint density at radius 1 is 1.08 bits per heavy atom. The van der Waals surface area contributed by atoms with Crippen molar-refractivity contribution in [3.63, 3.8) is 0 Å². The van der Waals surface area contributed by atoms with Crippen molar-refractivity contribution >= 4 is 22.9 Å². The minimum absolute atomic E-state index is 0.0346. The summed E-state index contributed by atoms with van der Waals surface area (Å²) in [7, 11) is 1.67. The van der Waals surface area contributed by atoms with E-state index >= 15 is 0 Å². The molecule has 0 aliphatic carbocycles. The third-order valence-corrected chi connectivity index (χ3v) is 5.49. The Bertz CT molecular complexity index is 886. The number of para-hydroxylation sites is 1. The minimum Gasteiger partial charge on any atom is -0.496 e. The molecule has 0 spiro atoms. The van der Waals surface area contributed by atoms with Gasteiger partial charge in [0.15, 0.2) is 0 Å². The fourth-order valence-electron chi connectivity index (χ4n) is 3.26. The summed E-state index contributed by atoms with van der Waals surface area (Å²) in [6.07, 6.45) is 0.447. The van der Waals surface area contributed by atoms with Crippen LogP contribution in [0.2, 0.25) is 0 Å². The van der Waals surface area contributed by atoms with Crippen molar-refractivity contribution < 1.29 is 9.53 Å². The molecular formula is C20H17NO2S. The van der Waals surface area contributed by atoms with Crippen LogP contribution in [0, 0.1) is 0 Å². The molecule has 3 nitrogen and oxygen atoms in total. The molecule has 1 aromatic heterocycles. The highest BCUT2D eigenvalue weighted by Gasteiger charge is 2.31. The van der Waals surface area contributed by atoms with Gasteiger partial charge in [0.25, 0.3) is 0 Å². The summed E-state index contributed by atoms with van der Waals surface area (Å²) in [5.41, 5.74) is 4.22. The Labute approximate surface area is 144 Å². The summed E-state index contributed by atoms with van der Waals surface area (Å²) >= 11 is 1.70. The predicted molar refractivity (Wildman–Crippen MR) is 97.8 cm³/mol. The number of rotatable bonds is 3. The fraction of sp³-hybridized carbons (Fsp3) is 0.150. The zero-order chi connectivity index (χ0) is 16.5. The van der Waals surface area contributed by atoms with Gasteiger partial charge in [-0.15, -0.1) is 11.3 Å². The first-order valence-electron chi connectivity index (χ1n) is 7.87. The van der Waals surface area contributed by atoms with Gasteiger partial charge in [0.05, 0.1) is 12.8 Å². The highest BCUT2D eigenvalue weighted by molar-refractivity contribution is 7.11. The van der Waals surface area contributed by atoms with Crippen molar-refractivity contribution in [3.05, 3.63) is 70.4 Å². The largest absolute Gasteiger partial charge is 0.496 e. The molecular weight excluding hydrogens is 318 g/mol. The summed E-state index contributed by atoms with van der Waals surface area (Å²) < 4.78 is 5.51. The summed E-state index contributed by atoms with van der Waals surface area (Å²) in [5, 5.41) is 5.21. The molecule has 0 fully saturated rings. The van der Waals surface area contributed by atoms with Crippen LogP contribution in [-0.4, -0.2) is 13.0 Å². The maximum absolute atomic E-state index is 12.3. The molecule has 3 aromatic rings. The Morgan fingerprint density at radius 3 is 2.62 bits per heavy atom. The third-order valence-electron chi connectivity index (χ3n) is 4.39. The average Bonchev–Trinajstić information content (AvgIpc) is 3.05. The molecule has 4 rings (SSSR count). The minimum atomic E-state index is 0.0346. The highest BCUT2D eigenvalue weighted by atomic mass is 32.1. The number of hydrogen-bond acceptors (Lipinski definition) is 3. The lowest BCUT2D eigenvalue weighted by atomic mass is 9.88. The first-order valence-corrected chi connectivity index (χ1v) is 8.75. The molecule has 1 aliphatic heterocycles. The van der Waals surface area contributed by atoms with E-state index in [4.69, 9.17) is 4.74 Å². The number of methoxy groups -OCH3 is 1. The van der Waals surface area contributed by atoms with Crippen LogP contribution in [0.4, 0.5) is 5.69 Å². The predicted octanol–water partition coefficient (Wildman–Crippen LogP) is 4.90. The van der Waals surface area contributed by atoms with E-state index in [-0.39, 0.29) is 11.8 Å². The first kappa shape index (κ1) is 15.0. The fourth-order valence-corrected chi connectivity index (χ4v) is 4.41. The van der Waals surface area contributed by atoms with Crippen molar-refractivity contribution in [3.8, 4) is 16.9 Å². The van der Waals surface area contributed by atoms with Gasteiger partial charge in [0.1, 0.15) is 5.75 Å². The molecule has 4 heteroatoms. The molecule has 1 N–H and O–H groups in total. The summed E-state index contributed by atoms with van der Waals surface area (Å²) in [6.45, 7) is 0. The Balaban J connectivity index is 1.84. The molecule has 2 heterocycles. The van der Waals surface area contributed by atoms with Crippen LogP contribution >= 0.6 is 11.3 Å². The van der Waals surface area contributed by atoms with Crippen molar-refractivity contribution in [2.75, 3.05) is 12.4 Å². The molecule has 0 radical (unpaired) electrons. The molecule has 0 bridgehead atoms. The van der Waals surface area contributed by atoms with Crippen LogP contribution < -0.4 is 10.1 Å². The van der Waals surface area contributed by atoms with Gasteiger partial charge in [-0.3, -0.25) is 4.79 Å². The van der Waals surface area contributed by atoms with E-state index < -0.39 is 0 Å². The van der Waals surface area contributed by atoms with E-state index in [0.29, 0.717) is 6.42 Å². The molecule has 1 aliphatic rings. The molecule has 1 atom stereocenters. The number of thiophene rings is 1. The van der Waals surface area contributed by atoms with Crippen molar-refractivity contribution in [1.82, 2.24) is 0 Å². The van der Waals surface area contributed by atoms with Crippen LogP contribution in [-0.2, 0) is 4.79 Å². The summed E-state index contributed by atoms with van der Waals surface area (Å²) in [6, 6.07) is 18.1. The number of amides is 1. The molecule has 0 unspecified atom stereocenters. The maximum Gasteiger partial charge on any atom is 0.225 e. The SMILES string of the molecule is COc1ccccc1[C@@H]1CC(=O)Nc2c(-c3ccccc3)csc21. The van der Waals surface area contributed by atoms with Crippen LogP contribution in [0.1, 0.15) is 22.8 Å². The smallest absolute Gasteiger partial charge is 0.225 e. The number of fused-ring (bicyclic) bond motifs is 1. The van der Waals surface area contributed by atoms with E-state index in [1.165, 1.54) is 4.88 Å². The van der Waals surface area contributed by atoms with Gasteiger partial charge in [-0.2, -0.15) is 0 Å². The Kier molecular flexibility index (Phi) is 3.82. The number of nitrogens with one attached hydrogen (secondary N) is 1. The van der Waals surface area contributed by atoms with E-state index in [9.17, 15) is 4.79 Å². The zero-order valence-corrected chi connectivity index (χ0v) is 14.1. The number of benzene rings is 2. The van der Waals surface area contributed by atoms with E-state index in [1.54, 1.807) is 18.4 Å². The average molecular weight is 335 g/mol. The Hall–Kier alpha value is -2.59. The second-order valence-corrected chi connectivity index (χ2v) is 6.71. The summed E-state index contributed by atoms with van der Waals surface area (Å²) in [4.78, 5) is 13.5. The van der Waals surface area contributed by atoms with Gasteiger partial charge in [-0.25, -0.2) is 0 Å². The van der Waals surface area contributed by atoms with E-state index in [1.807, 2.05) is 42.5 Å². The van der Waals surface area contributed by atoms with Crippen LogP contribution in [0.3, 0.4) is 0 Å². The van der Waals surface area contributed by atoms with Crippen LogP contribution in [0.25, 0.3) is 11.1 Å². The standard InChI is InChI=1S/C20H17NO2S/c1-23-17-10-6-5-9-14(17)15-11-18(22)21-19-16(12-24-20(15)19)13-7-3-2-4-8-13/h2-10,12,15H,11H2,1H3,(H,21,22)/t15-/m0/s1. The van der Waals surface area contributed by atoms with Crippen LogP contribution in [0.5, 0.6) is 5.75 Å². The maximum atomic E-state index is 12.3. The van der Waals surface area contributed by atoms with Crippen LogP contribution in [0.15, 0.2) is 60.0 Å². The summed E-state index contributed by atoms with van der Waals surface area (Å²) in [5.74, 6) is 0.916. The van der Waals surface area contributed by atoms with Gasteiger partial charge in [0.2, 0.25) is 5.91 Å². The Morgan fingerprint density at radius 2 is 1.83 bits per heavy atom. The van der Waals surface area contributed by atoms with E-state index in [2.05, 4.69) is 22.8 Å². The monoisotopic (exact) mass is 335 g/mol.